The van der Waals surface area contributed by atoms with Crippen LogP contribution in [0.1, 0.15) is 18.9 Å². The molecule has 0 radical (unpaired) electrons. The Morgan fingerprint density at radius 2 is 2.16 bits per heavy atom. The van der Waals surface area contributed by atoms with Crippen LogP contribution in [0.15, 0.2) is 29.4 Å². The Morgan fingerprint density at radius 1 is 1.47 bits per heavy atom. The standard InChI is InChI=1S/C13H17N3O3/c1-8-6-7-19-11(8)13(17)15-10-4-2-9(3-5-10)12(14)16-18/h2-5,8,11,18H,6-7H2,1H3,(H2,14,16)(H,15,17). The first-order valence-electron chi connectivity index (χ1n) is 6.12. The van der Waals surface area contributed by atoms with Gasteiger partial charge in [0.1, 0.15) is 6.10 Å². The first-order valence-corrected chi connectivity index (χ1v) is 6.12. The summed E-state index contributed by atoms with van der Waals surface area (Å²) in [4.78, 5) is 12.0. The van der Waals surface area contributed by atoms with Gasteiger partial charge in [0.25, 0.3) is 5.91 Å². The second-order valence-electron chi connectivity index (χ2n) is 4.61. The number of nitrogens with zero attached hydrogens (tertiary/aromatic N) is 1. The van der Waals surface area contributed by atoms with E-state index in [2.05, 4.69) is 10.5 Å². The van der Waals surface area contributed by atoms with Crippen molar-refractivity contribution in [1.82, 2.24) is 0 Å². The van der Waals surface area contributed by atoms with Gasteiger partial charge in [-0.2, -0.15) is 0 Å². The molecular formula is C13H17N3O3. The SMILES string of the molecule is CC1CCOC1C(=O)Nc1ccc(/C(N)=N/O)cc1. The number of ether oxygens (including phenoxy) is 1. The summed E-state index contributed by atoms with van der Waals surface area (Å²) in [5.41, 5.74) is 6.70. The van der Waals surface area contributed by atoms with Gasteiger partial charge in [-0.25, -0.2) is 0 Å². The predicted octanol–water partition coefficient (Wildman–Crippen LogP) is 1.14. The Bertz CT molecular complexity index is 484. The lowest BCUT2D eigenvalue weighted by molar-refractivity contribution is -0.126. The van der Waals surface area contributed by atoms with Crippen LogP contribution in [0.5, 0.6) is 0 Å². The lowest BCUT2D eigenvalue weighted by Gasteiger charge is -2.14. The molecule has 102 valence electrons. The molecule has 1 heterocycles. The topological polar surface area (TPSA) is 96.9 Å². The Balaban J connectivity index is 2.01. The molecule has 0 saturated carbocycles. The second kappa shape index (κ2) is 5.71. The summed E-state index contributed by atoms with van der Waals surface area (Å²) in [7, 11) is 0. The maximum absolute atomic E-state index is 12.0. The Hall–Kier alpha value is -2.08. The van der Waals surface area contributed by atoms with Crippen LogP contribution in [0.3, 0.4) is 0 Å². The van der Waals surface area contributed by atoms with Crippen LogP contribution in [0.25, 0.3) is 0 Å². The molecule has 2 atom stereocenters. The molecule has 6 nitrogen and oxygen atoms in total. The minimum absolute atomic E-state index is 0.0330. The number of carbonyl (C=O) groups is 1. The average Bonchev–Trinajstić information content (AvgIpc) is 2.85. The minimum atomic E-state index is -0.385. The molecule has 0 aromatic heterocycles. The summed E-state index contributed by atoms with van der Waals surface area (Å²) in [5.74, 6) is 0.128. The minimum Gasteiger partial charge on any atom is -0.409 e. The van der Waals surface area contributed by atoms with E-state index in [1.165, 1.54) is 0 Å². The van der Waals surface area contributed by atoms with Crippen molar-refractivity contribution < 1.29 is 14.7 Å². The fourth-order valence-electron chi connectivity index (χ4n) is 2.03. The van der Waals surface area contributed by atoms with Crippen LogP contribution in [0.2, 0.25) is 0 Å². The second-order valence-corrected chi connectivity index (χ2v) is 4.61. The highest BCUT2D eigenvalue weighted by Gasteiger charge is 2.30. The van der Waals surface area contributed by atoms with E-state index >= 15 is 0 Å². The molecule has 2 rings (SSSR count). The van der Waals surface area contributed by atoms with Crippen LogP contribution in [-0.4, -0.2) is 29.7 Å². The average molecular weight is 263 g/mol. The van der Waals surface area contributed by atoms with Crippen molar-refractivity contribution in [2.75, 3.05) is 11.9 Å². The van der Waals surface area contributed by atoms with Crippen LogP contribution in [0, 0.1) is 5.92 Å². The number of hydrogen-bond acceptors (Lipinski definition) is 4. The monoisotopic (exact) mass is 263 g/mol. The van der Waals surface area contributed by atoms with Crippen LogP contribution in [0.4, 0.5) is 5.69 Å². The zero-order valence-corrected chi connectivity index (χ0v) is 10.7. The van der Waals surface area contributed by atoms with Gasteiger partial charge in [-0.1, -0.05) is 12.1 Å². The van der Waals surface area contributed by atoms with Gasteiger partial charge < -0.3 is 21.0 Å². The van der Waals surface area contributed by atoms with Gasteiger partial charge in [-0.05, 0) is 36.6 Å². The van der Waals surface area contributed by atoms with Crippen molar-refractivity contribution >= 4 is 17.4 Å². The number of nitrogens with one attached hydrogen (secondary N) is 1. The summed E-state index contributed by atoms with van der Waals surface area (Å²) >= 11 is 0. The van der Waals surface area contributed by atoms with Gasteiger partial charge in [-0.3, -0.25) is 4.79 Å². The first-order chi connectivity index (χ1) is 9.11. The molecule has 0 bridgehead atoms. The van der Waals surface area contributed by atoms with Crippen LogP contribution in [-0.2, 0) is 9.53 Å². The van der Waals surface area contributed by atoms with Crippen molar-refractivity contribution in [2.24, 2.45) is 16.8 Å². The summed E-state index contributed by atoms with van der Waals surface area (Å²) < 4.78 is 5.39. The maximum Gasteiger partial charge on any atom is 0.253 e. The zero-order chi connectivity index (χ0) is 13.8. The number of amidine groups is 1. The molecule has 1 aliphatic rings. The van der Waals surface area contributed by atoms with Gasteiger partial charge in [0.15, 0.2) is 5.84 Å². The summed E-state index contributed by atoms with van der Waals surface area (Å²) in [6.07, 6.45) is 0.518. The molecule has 1 aromatic rings. The number of oxime groups is 1. The number of rotatable bonds is 3. The van der Waals surface area contributed by atoms with E-state index in [0.717, 1.165) is 6.42 Å². The zero-order valence-electron chi connectivity index (χ0n) is 10.7. The Labute approximate surface area is 111 Å². The number of amides is 1. The largest absolute Gasteiger partial charge is 0.409 e. The molecule has 4 N–H and O–H groups in total. The number of nitrogens with two attached hydrogens (primary N) is 1. The smallest absolute Gasteiger partial charge is 0.253 e. The maximum atomic E-state index is 12.0. The van der Waals surface area contributed by atoms with Gasteiger partial charge in [0, 0.05) is 17.9 Å². The summed E-state index contributed by atoms with van der Waals surface area (Å²) in [6.45, 7) is 2.63. The highest BCUT2D eigenvalue weighted by Crippen LogP contribution is 2.21. The van der Waals surface area contributed by atoms with Crippen molar-refractivity contribution in [2.45, 2.75) is 19.4 Å². The third-order valence-corrected chi connectivity index (χ3v) is 3.20. The Morgan fingerprint density at radius 3 is 2.68 bits per heavy atom. The molecule has 2 unspecified atom stereocenters. The lowest BCUT2D eigenvalue weighted by Crippen LogP contribution is -2.31. The van der Waals surface area contributed by atoms with Gasteiger partial charge in [0.2, 0.25) is 0 Å². The lowest BCUT2D eigenvalue weighted by atomic mass is 10.0. The van der Waals surface area contributed by atoms with Crippen molar-refractivity contribution in [3.05, 3.63) is 29.8 Å². The molecule has 1 aliphatic heterocycles. The summed E-state index contributed by atoms with van der Waals surface area (Å²) in [6, 6.07) is 6.74. The predicted molar refractivity (Wildman–Crippen MR) is 71.1 cm³/mol. The molecule has 1 fully saturated rings. The van der Waals surface area contributed by atoms with E-state index in [9.17, 15) is 4.79 Å². The van der Waals surface area contributed by atoms with Gasteiger partial charge >= 0.3 is 0 Å². The quantitative estimate of drug-likeness (QED) is 0.330. The van der Waals surface area contributed by atoms with Crippen molar-refractivity contribution in [1.29, 1.82) is 0 Å². The number of hydrogen-bond donors (Lipinski definition) is 3. The van der Waals surface area contributed by atoms with Crippen molar-refractivity contribution in [3.8, 4) is 0 Å². The van der Waals surface area contributed by atoms with Crippen LogP contribution >= 0.6 is 0 Å². The number of benzene rings is 1. The molecule has 19 heavy (non-hydrogen) atoms. The van der Waals surface area contributed by atoms with Crippen molar-refractivity contribution in [3.63, 3.8) is 0 Å². The van der Waals surface area contributed by atoms with Gasteiger partial charge in [-0.15, -0.1) is 0 Å². The molecule has 0 spiro atoms. The van der Waals surface area contributed by atoms with E-state index in [-0.39, 0.29) is 23.8 Å². The molecule has 1 aromatic carbocycles. The normalized spacial score (nSPS) is 23.3. The highest BCUT2D eigenvalue weighted by atomic mass is 16.5. The van der Waals surface area contributed by atoms with E-state index in [0.29, 0.717) is 17.9 Å². The third kappa shape index (κ3) is 3.03. The first kappa shape index (κ1) is 13.4. The van der Waals surface area contributed by atoms with E-state index < -0.39 is 0 Å². The third-order valence-electron chi connectivity index (χ3n) is 3.20. The molecule has 0 aliphatic carbocycles. The van der Waals surface area contributed by atoms with Crippen LogP contribution < -0.4 is 11.1 Å². The fraction of sp³-hybridized carbons (Fsp3) is 0.385. The molecular weight excluding hydrogens is 246 g/mol. The fourth-order valence-corrected chi connectivity index (χ4v) is 2.03. The van der Waals surface area contributed by atoms with E-state index in [1.54, 1.807) is 24.3 Å². The van der Waals surface area contributed by atoms with Gasteiger partial charge in [0.05, 0.1) is 0 Å². The number of anilines is 1. The number of carbonyl (C=O) groups excluding carboxylic acids is 1. The van der Waals surface area contributed by atoms with E-state index in [1.807, 2.05) is 6.92 Å². The molecule has 1 amide bonds. The Kier molecular flexibility index (Phi) is 4.01. The molecule has 1 saturated heterocycles. The van der Waals surface area contributed by atoms with E-state index in [4.69, 9.17) is 15.7 Å². The highest BCUT2D eigenvalue weighted by molar-refractivity contribution is 5.98. The summed E-state index contributed by atoms with van der Waals surface area (Å²) in [5, 5.41) is 14.3. The molecule has 6 heteroatoms.